The minimum atomic E-state index is -3.19. The van der Waals surface area contributed by atoms with Crippen LogP contribution in [0.25, 0.3) is 23.1 Å². The molecule has 0 amide bonds. The predicted octanol–water partition coefficient (Wildman–Crippen LogP) is 2.16. The maximum atomic E-state index is 12.0. The van der Waals surface area contributed by atoms with Crippen LogP contribution in [-0.2, 0) is 14.8 Å². The molecule has 0 spiro atoms. The minimum Gasteiger partial charge on any atom is -0.494 e. The number of aromatic nitrogens is 4. The SMILES string of the molecule is C=Cc1nc2c(OC)cccc2n1-c1nc(N2CCOCC2)cc(N(C)C2CCN(S(C)(=O)=O)CC2)n1. The Bertz CT molecular complexity index is 1390. The molecule has 2 aliphatic rings. The monoisotopic (exact) mass is 527 g/mol. The summed E-state index contributed by atoms with van der Waals surface area (Å²) < 4.78 is 38.5. The second kappa shape index (κ2) is 10.3. The van der Waals surface area contributed by atoms with Gasteiger partial charge in [-0.1, -0.05) is 12.6 Å². The quantitative estimate of drug-likeness (QED) is 0.457. The van der Waals surface area contributed by atoms with E-state index in [9.17, 15) is 8.42 Å². The molecule has 3 aromatic rings. The first-order valence-corrected chi connectivity index (χ1v) is 14.2. The van der Waals surface area contributed by atoms with Gasteiger partial charge in [0.15, 0.2) is 0 Å². The number of nitrogens with zero attached hydrogens (tertiary/aromatic N) is 7. The van der Waals surface area contributed by atoms with Crippen LogP contribution in [-0.4, -0.2) is 98.1 Å². The Hall–Kier alpha value is -3.22. The van der Waals surface area contributed by atoms with Gasteiger partial charge in [0.2, 0.25) is 16.0 Å². The molecule has 2 fully saturated rings. The summed E-state index contributed by atoms with van der Waals surface area (Å²) in [5.74, 6) is 3.35. The van der Waals surface area contributed by atoms with Crippen LogP contribution in [0.1, 0.15) is 18.7 Å². The van der Waals surface area contributed by atoms with Crippen molar-refractivity contribution in [1.29, 1.82) is 0 Å². The number of para-hydroxylation sites is 1. The molecule has 0 radical (unpaired) electrons. The molecule has 0 bridgehead atoms. The number of benzene rings is 1. The van der Waals surface area contributed by atoms with Gasteiger partial charge in [0.05, 0.1) is 32.1 Å². The third-order valence-corrected chi connectivity index (χ3v) is 8.40. The first-order chi connectivity index (χ1) is 17.8. The normalized spacial score (nSPS) is 17.8. The van der Waals surface area contributed by atoms with Gasteiger partial charge in [-0.25, -0.2) is 17.7 Å². The number of fused-ring (bicyclic) bond motifs is 1. The zero-order valence-electron chi connectivity index (χ0n) is 21.5. The lowest BCUT2D eigenvalue weighted by molar-refractivity contribution is 0.122. The van der Waals surface area contributed by atoms with E-state index in [-0.39, 0.29) is 6.04 Å². The molecular weight excluding hydrogens is 494 g/mol. The van der Waals surface area contributed by atoms with Crippen LogP contribution < -0.4 is 14.5 Å². The molecule has 0 saturated carbocycles. The van der Waals surface area contributed by atoms with E-state index in [1.54, 1.807) is 17.5 Å². The molecule has 2 aromatic heterocycles. The van der Waals surface area contributed by atoms with Gasteiger partial charge in [0, 0.05) is 45.3 Å². The molecule has 198 valence electrons. The van der Waals surface area contributed by atoms with Crippen LogP contribution in [0.15, 0.2) is 30.8 Å². The largest absolute Gasteiger partial charge is 0.494 e. The van der Waals surface area contributed by atoms with Gasteiger partial charge in [0.1, 0.15) is 28.7 Å². The summed E-state index contributed by atoms with van der Waals surface area (Å²) in [6.07, 6.45) is 4.40. The Morgan fingerprint density at radius 3 is 2.51 bits per heavy atom. The highest BCUT2D eigenvalue weighted by Crippen LogP contribution is 2.31. The van der Waals surface area contributed by atoms with E-state index >= 15 is 0 Å². The molecule has 37 heavy (non-hydrogen) atoms. The van der Waals surface area contributed by atoms with E-state index < -0.39 is 10.0 Å². The number of morpholine rings is 1. The first kappa shape index (κ1) is 25.4. The standard InChI is InChI=1S/C25H33N7O4S/c1-5-21-26-24-19(7-6-8-20(24)35-3)32(21)25-27-22(17-23(28-25)30-13-15-36-16-14-30)29(2)18-9-11-31(12-10-18)37(4,33)34/h5-8,17-18H,1,9-16H2,2-4H3. The molecular formula is C25H33N7O4S. The Labute approximate surface area is 217 Å². The van der Waals surface area contributed by atoms with Crippen molar-refractivity contribution < 1.29 is 17.9 Å². The maximum absolute atomic E-state index is 12.0. The number of piperidine rings is 1. The van der Waals surface area contributed by atoms with Gasteiger partial charge in [0.25, 0.3) is 0 Å². The molecule has 11 nitrogen and oxygen atoms in total. The summed E-state index contributed by atoms with van der Waals surface area (Å²) in [5, 5.41) is 0. The van der Waals surface area contributed by atoms with Crippen LogP contribution >= 0.6 is 0 Å². The van der Waals surface area contributed by atoms with Crippen LogP contribution in [0.4, 0.5) is 11.6 Å². The summed E-state index contributed by atoms with van der Waals surface area (Å²) in [6, 6.07) is 7.91. The summed E-state index contributed by atoms with van der Waals surface area (Å²) in [6.45, 7) is 7.70. The smallest absolute Gasteiger partial charge is 0.239 e. The van der Waals surface area contributed by atoms with Crippen molar-refractivity contribution in [1.82, 2.24) is 23.8 Å². The molecule has 0 unspecified atom stereocenters. The van der Waals surface area contributed by atoms with Gasteiger partial charge in [-0.2, -0.15) is 9.97 Å². The van der Waals surface area contributed by atoms with Gasteiger partial charge in [-0.3, -0.25) is 4.57 Å². The third-order valence-electron chi connectivity index (χ3n) is 7.10. The van der Waals surface area contributed by atoms with Crippen molar-refractivity contribution in [3.63, 3.8) is 0 Å². The molecule has 4 heterocycles. The van der Waals surface area contributed by atoms with Crippen molar-refractivity contribution in [2.24, 2.45) is 0 Å². The highest BCUT2D eigenvalue weighted by atomic mass is 32.2. The predicted molar refractivity (Wildman–Crippen MR) is 144 cm³/mol. The van der Waals surface area contributed by atoms with E-state index in [0.29, 0.717) is 49.3 Å². The Morgan fingerprint density at radius 1 is 1.14 bits per heavy atom. The molecule has 0 atom stereocenters. The Morgan fingerprint density at radius 2 is 1.86 bits per heavy atom. The number of ether oxygens (including phenoxy) is 2. The lowest BCUT2D eigenvalue weighted by Gasteiger charge is -2.36. The zero-order chi connectivity index (χ0) is 26.2. The summed E-state index contributed by atoms with van der Waals surface area (Å²) in [4.78, 5) is 19.0. The fourth-order valence-corrected chi connectivity index (χ4v) is 5.87. The number of rotatable bonds is 7. The van der Waals surface area contributed by atoms with Crippen LogP contribution in [0.2, 0.25) is 0 Å². The lowest BCUT2D eigenvalue weighted by atomic mass is 10.1. The highest BCUT2D eigenvalue weighted by Gasteiger charge is 2.29. The van der Waals surface area contributed by atoms with Crippen molar-refractivity contribution in [3.8, 4) is 11.7 Å². The third kappa shape index (κ3) is 5.00. The number of sulfonamides is 1. The molecule has 5 rings (SSSR count). The molecule has 1 aromatic carbocycles. The second-order valence-electron chi connectivity index (χ2n) is 9.33. The second-order valence-corrected chi connectivity index (χ2v) is 11.3. The van der Waals surface area contributed by atoms with E-state index in [0.717, 1.165) is 43.1 Å². The molecule has 0 N–H and O–H groups in total. The number of hydrogen-bond donors (Lipinski definition) is 0. The highest BCUT2D eigenvalue weighted by molar-refractivity contribution is 7.88. The number of imidazole rings is 1. The van der Waals surface area contributed by atoms with E-state index in [1.165, 1.54) is 6.26 Å². The van der Waals surface area contributed by atoms with Gasteiger partial charge < -0.3 is 19.3 Å². The van der Waals surface area contributed by atoms with Gasteiger partial charge >= 0.3 is 0 Å². The average Bonchev–Trinajstić information content (AvgIpc) is 3.31. The lowest BCUT2D eigenvalue weighted by Crippen LogP contribution is -2.45. The number of anilines is 2. The van der Waals surface area contributed by atoms with Crippen LogP contribution in [0.5, 0.6) is 5.75 Å². The van der Waals surface area contributed by atoms with E-state index in [2.05, 4.69) is 16.4 Å². The first-order valence-electron chi connectivity index (χ1n) is 12.4. The van der Waals surface area contributed by atoms with Crippen LogP contribution in [0.3, 0.4) is 0 Å². The molecule has 2 saturated heterocycles. The number of hydrogen-bond acceptors (Lipinski definition) is 9. The van der Waals surface area contributed by atoms with Gasteiger partial charge in [-0.05, 0) is 31.1 Å². The van der Waals surface area contributed by atoms with Crippen LogP contribution in [0, 0.1) is 0 Å². The van der Waals surface area contributed by atoms with Crippen molar-refractivity contribution in [2.45, 2.75) is 18.9 Å². The minimum absolute atomic E-state index is 0.150. The summed E-state index contributed by atoms with van der Waals surface area (Å²) in [7, 11) is 0.447. The maximum Gasteiger partial charge on any atom is 0.239 e. The van der Waals surface area contributed by atoms with E-state index in [1.807, 2.05) is 35.9 Å². The number of methoxy groups -OCH3 is 1. The summed E-state index contributed by atoms with van der Waals surface area (Å²) >= 11 is 0. The average molecular weight is 528 g/mol. The van der Waals surface area contributed by atoms with Crippen molar-refractivity contribution in [3.05, 3.63) is 36.7 Å². The Kier molecular flexibility index (Phi) is 7.06. The zero-order valence-corrected chi connectivity index (χ0v) is 22.3. The van der Waals surface area contributed by atoms with Crippen molar-refractivity contribution in [2.75, 3.05) is 69.6 Å². The topological polar surface area (TPSA) is 106 Å². The fourth-order valence-electron chi connectivity index (χ4n) is 5.00. The molecule has 12 heteroatoms. The fraction of sp³-hybridized carbons (Fsp3) is 0.480. The van der Waals surface area contributed by atoms with Gasteiger partial charge in [-0.15, -0.1) is 0 Å². The molecule has 2 aliphatic heterocycles. The molecule has 0 aliphatic carbocycles. The Balaban J connectivity index is 1.58. The summed E-state index contributed by atoms with van der Waals surface area (Å²) in [5.41, 5.74) is 1.53. The van der Waals surface area contributed by atoms with E-state index in [4.69, 9.17) is 24.4 Å². The van der Waals surface area contributed by atoms with Crippen molar-refractivity contribution >= 4 is 38.8 Å².